The Morgan fingerprint density at radius 1 is 1.19 bits per heavy atom. The van der Waals surface area contributed by atoms with E-state index in [0.717, 1.165) is 31.0 Å². The SMILES string of the molecule is CCN1CC(Nc2ncc3c(c2F)[C@@](C)(c2cccc(Cl)c2F)CN3c2[nH]ncc2C(C)C(C)C)C1. The number of fused-ring (bicyclic) bond motifs is 1. The van der Waals surface area contributed by atoms with Gasteiger partial charge in [-0.15, -0.1) is 0 Å². The molecule has 2 aliphatic rings. The highest BCUT2D eigenvalue weighted by molar-refractivity contribution is 6.30. The lowest BCUT2D eigenvalue weighted by molar-refractivity contribution is 0.171. The third-order valence-corrected chi connectivity index (χ3v) is 8.31. The van der Waals surface area contributed by atoms with E-state index >= 15 is 8.78 Å². The van der Waals surface area contributed by atoms with Crippen LogP contribution in [-0.4, -0.2) is 52.3 Å². The second-order valence-corrected chi connectivity index (χ2v) is 11.0. The van der Waals surface area contributed by atoms with Crippen molar-refractivity contribution in [2.24, 2.45) is 5.92 Å². The van der Waals surface area contributed by atoms with Crippen LogP contribution in [0.1, 0.15) is 57.2 Å². The topological polar surface area (TPSA) is 60.1 Å². The van der Waals surface area contributed by atoms with Gasteiger partial charge in [-0.25, -0.2) is 13.8 Å². The third kappa shape index (κ3) is 3.95. The first kappa shape index (κ1) is 25.0. The molecule has 36 heavy (non-hydrogen) atoms. The van der Waals surface area contributed by atoms with Crippen molar-refractivity contribution >= 4 is 28.9 Å². The van der Waals surface area contributed by atoms with Crippen molar-refractivity contribution in [3.8, 4) is 0 Å². The molecule has 2 N–H and O–H groups in total. The zero-order chi connectivity index (χ0) is 25.8. The van der Waals surface area contributed by atoms with Gasteiger partial charge in [-0.1, -0.05) is 51.4 Å². The molecule has 192 valence electrons. The van der Waals surface area contributed by atoms with Crippen LogP contribution in [0.3, 0.4) is 0 Å². The van der Waals surface area contributed by atoms with Gasteiger partial charge in [0.1, 0.15) is 11.6 Å². The molecule has 0 spiro atoms. The van der Waals surface area contributed by atoms with Crippen LogP contribution in [0, 0.1) is 17.6 Å². The minimum absolute atomic E-state index is 0.0197. The Labute approximate surface area is 216 Å². The summed E-state index contributed by atoms with van der Waals surface area (Å²) in [6.45, 7) is 13.4. The number of halogens is 3. The highest BCUT2D eigenvalue weighted by Crippen LogP contribution is 2.51. The number of nitrogens with zero attached hydrogens (tertiary/aromatic N) is 4. The number of H-pyrrole nitrogens is 1. The van der Waals surface area contributed by atoms with Crippen LogP contribution in [-0.2, 0) is 5.41 Å². The molecule has 2 aliphatic heterocycles. The number of rotatable bonds is 7. The number of aromatic nitrogens is 3. The van der Waals surface area contributed by atoms with Crippen molar-refractivity contribution in [1.29, 1.82) is 0 Å². The lowest BCUT2D eigenvalue weighted by Crippen LogP contribution is -2.54. The molecule has 6 nitrogen and oxygen atoms in total. The molecule has 5 rings (SSSR count). The summed E-state index contributed by atoms with van der Waals surface area (Å²) in [5, 5.41) is 10.7. The van der Waals surface area contributed by atoms with E-state index < -0.39 is 17.0 Å². The lowest BCUT2D eigenvalue weighted by atomic mass is 9.77. The molecule has 2 atom stereocenters. The molecule has 1 aromatic carbocycles. The molecule has 0 saturated carbocycles. The molecule has 0 aliphatic carbocycles. The summed E-state index contributed by atoms with van der Waals surface area (Å²) in [6, 6.07) is 5.04. The summed E-state index contributed by atoms with van der Waals surface area (Å²) in [6.07, 6.45) is 3.51. The van der Waals surface area contributed by atoms with Gasteiger partial charge in [0.15, 0.2) is 11.6 Å². The Morgan fingerprint density at radius 3 is 2.64 bits per heavy atom. The summed E-state index contributed by atoms with van der Waals surface area (Å²) >= 11 is 6.18. The van der Waals surface area contributed by atoms with Gasteiger partial charge < -0.3 is 10.2 Å². The number of pyridine rings is 1. The molecule has 1 unspecified atom stereocenters. The molecule has 4 heterocycles. The first-order valence-corrected chi connectivity index (χ1v) is 13.0. The predicted octanol–water partition coefficient (Wildman–Crippen LogP) is 6.07. The van der Waals surface area contributed by atoms with Crippen LogP contribution in [0.2, 0.25) is 5.02 Å². The first-order valence-electron chi connectivity index (χ1n) is 12.6. The standard InChI is InChI=1S/C27H33ClF2N6/c1-6-35-12-17(13-35)33-25-24(30)22-21(11-31-25)36(26-18(10-32-34-26)16(4)15(2)3)14-27(22,5)19-8-7-9-20(28)23(19)29/h7-11,15-17H,6,12-14H2,1-5H3,(H,31,33)(H,32,34)/t16?,27-/m1/s1. The molecule has 1 fully saturated rings. The van der Waals surface area contributed by atoms with Crippen LogP contribution in [0.4, 0.5) is 26.1 Å². The molecule has 9 heteroatoms. The fourth-order valence-corrected chi connectivity index (χ4v) is 5.62. The number of aromatic amines is 1. The fourth-order valence-electron chi connectivity index (χ4n) is 5.45. The highest BCUT2D eigenvalue weighted by atomic mass is 35.5. The van der Waals surface area contributed by atoms with E-state index in [0.29, 0.717) is 29.3 Å². The molecule has 3 aromatic rings. The fraction of sp³-hybridized carbons (Fsp3) is 0.481. The zero-order valence-corrected chi connectivity index (χ0v) is 22.1. The van der Waals surface area contributed by atoms with E-state index in [1.54, 1.807) is 18.3 Å². The van der Waals surface area contributed by atoms with E-state index in [-0.39, 0.29) is 22.8 Å². The maximum Gasteiger partial charge on any atom is 0.171 e. The second kappa shape index (κ2) is 9.30. The normalized spacial score (nSPS) is 21.1. The summed E-state index contributed by atoms with van der Waals surface area (Å²) in [4.78, 5) is 8.75. The third-order valence-electron chi connectivity index (χ3n) is 8.02. The van der Waals surface area contributed by atoms with Crippen molar-refractivity contribution < 1.29 is 8.78 Å². The van der Waals surface area contributed by atoms with Crippen molar-refractivity contribution in [3.63, 3.8) is 0 Å². The van der Waals surface area contributed by atoms with E-state index in [9.17, 15) is 0 Å². The Morgan fingerprint density at radius 2 is 1.94 bits per heavy atom. The number of likely N-dealkylation sites (tertiary alicyclic amines) is 1. The number of nitrogens with one attached hydrogen (secondary N) is 2. The maximum atomic E-state index is 16.3. The van der Waals surface area contributed by atoms with Crippen LogP contribution >= 0.6 is 11.6 Å². The Hall–Kier alpha value is -2.71. The van der Waals surface area contributed by atoms with Gasteiger partial charge in [-0.3, -0.25) is 10.00 Å². The van der Waals surface area contributed by atoms with Gasteiger partial charge in [-0.05, 0) is 31.4 Å². The van der Waals surface area contributed by atoms with Crippen molar-refractivity contribution in [2.45, 2.75) is 52.0 Å². The van der Waals surface area contributed by atoms with Crippen LogP contribution < -0.4 is 10.2 Å². The number of hydrogen-bond acceptors (Lipinski definition) is 5. The number of anilines is 3. The van der Waals surface area contributed by atoms with E-state index in [2.05, 4.69) is 53.1 Å². The summed E-state index contributed by atoms with van der Waals surface area (Å²) in [5.74, 6) is 0.596. The average Bonchev–Trinajstić information content (AvgIpc) is 3.41. The Kier molecular flexibility index (Phi) is 6.45. The quantitative estimate of drug-likeness (QED) is 0.401. The van der Waals surface area contributed by atoms with Crippen molar-refractivity contribution in [3.05, 3.63) is 63.9 Å². The largest absolute Gasteiger partial charge is 0.362 e. The highest BCUT2D eigenvalue weighted by Gasteiger charge is 2.47. The minimum atomic E-state index is -1.01. The number of benzene rings is 1. The Bertz CT molecular complexity index is 1270. The number of likely N-dealkylation sites (N-methyl/N-ethyl adjacent to an activating group) is 1. The summed E-state index contributed by atoms with van der Waals surface area (Å²) in [7, 11) is 0. The van der Waals surface area contributed by atoms with Gasteiger partial charge in [0, 0.05) is 41.7 Å². The molecule has 2 aromatic heterocycles. The van der Waals surface area contributed by atoms with Crippen molar-refractivity contribution in [1.82, 2.24) is 20.1 Å². The Balaban J connectivity index is 1.64. The van der Waals surface area contributed by atoms with E-state index in [1.165, 1.54) is 6.07 Å². The van der Waals surface area contributed by atoms with Gasteiger partial charge in [0.05, 0.1) is 29.1 Å². The van der Waals surface area contributed by atoms with E-state index in [1.807, 2.05) is 18.0 Å². The summed E-state index contributed by atoms with van der Waals surface area (Å²) in [5.41, 5.74) is 1.39. The summed E-state index contributed by atoms with van der Waals surface area (Å²) < 4.78 is 31.8. The molecule has 0 radical (unpaired) electrons. The number of hydrogen-bond donors (Lipinski definition) is 2. The predicted molar refractivity (Wildman–Crippen MR) is 140 cm³/mol. The van der Waals surface area contributed by atoms with E-state index in [4.69, 9.17) is 11.6 Å². The van der Waals surface area contributed by atoms with Gasteiger partial charge in [0.2, 0.25) is 0 Å². The maximum absolute atomic E-state index is 16.3. The van der Waals surface area contributed by atoms with Gasteiger partial charge in [-0.2, -0.15) is 5.10 Å². The monoisotopic (exact) mass is 514 g/mol. The first-order chi connectivity index (χ1) is 17.2. The molecule has 0 bridgehead atoms. The van der Waals surface area contributed by atoms with Gasteiger partial charge >= 0.3 is 0 Å². The molecular weight excluding hydrogens is 482 g/mol. The van der Waals surface area contributed by atoms with Crippen LogP contribution in [0.25, 0.3) is 0 Å². The van der Waals surface area contributed by atoms with Crippen molar-refractivity contribution in [2.75, 3.05) is 36.4 Å². The molecule has 0 amide bonds. The minimum Gasteiger partial charge on any atom is -0.362 e. The van der Waals surface area contributed by atoms with Gasteiger partial charge in [0.25, 0.3) is 0 Å². The average molecular weight is 515 g/mol. The lowest BCUT2D eigenvalue weighted by Gasteiger charge is -2.39. The smallest absolute Gasteiger partial charge is 0.171 e. The molecular formula is C27H33ClF2N6. The second-order valence-electron chi connectivity index (χ2n) is 10.6. The molecule has 1 saturated heterocycles. The van der Waals surface area contributed by atoms with Crippen LogP contribution in [0.5, 0.6) is 0 Å². The van der Waals surface area contributed by atoms with Crippen LogP contribution in [0.15, 0.2) is 30.6 Å². The zero-order valence-electron chi connectivity index (χ0n) is 21.4.